The fourth-order valence-electron chi connectivity index (χ4n) is 3.59. The van der Waals surface area contributed by atoms with E-state index in [1.54, 1.807) is 11.1 Å². The molecule has 0 spiro atoms. The van der Waals surface area contributed by atoms with Crippen LogP contribution in [0.3, 0.4) is 0 Å². The lowest BCUT2D eigenvalue weighted by Gasteiger charge is -2.31. The number of ether oxygens (including phenoxy) is 1. The van der Waals surface area contributed by atoms with Gasteiger partial charge in [0.15, 0.2) is 0 Å². The van der Waals surface area contributed by atoms with Crippen LogP contribution in [0, 0.1) is 5.92 Å². The maximum atomic E-state index is 12.8. The Morgan fingerprint density at radius 3 is 2.77 bits per heavy atom. The molecule has 0 bridgehead atoms. The summed E-state index contributed by atoms with van der Waals surface area (Å²) in [6.07, 6.45) is 4.61. The molecule has 0 saturated carbocycles. The van der Waals surface area contributed by atoms with E-state index in [4.69, 9.17) is 4.74 Å². The minimum atomic E-state index is -0.519. The van der Waals surface area contributed by atoms with Gasteiger partial charge in [0.1, 0.15) is 11.4 Å². The Kier molecular flexibility index (Phi) is 7.04. The molecule has 26 heavy (non-hydrogen) atoms. The highest BCUT2D eigenvalue weighted by atomic mass is 16.6. The maximum Gasteiger partial charge on any atom is 0.416 e. The predicted octanol–water partition coefficient (Wildman–Crippen LogP) is 5.03. The van der Waals surface area contributed by atoms with Crippen molar-refractivity contribution < 1.29 is 9.53 Å². The summed E-state index contributed by atoms with van der Waals surface area (Å²) in [7, 11) is 0. The molecule has 1 aromatic rings. The van der Waals surface area contributed by atoms with Crippen molar-refractivity contribution in [3.05, 3.63) is 23.9 Å². The minimum Gasteiger partial charge on any atom is -0.443 e. The molecule has 0 aromatic carbocycles. The van der Waals surface area contributed by atoms with E-state index < -0.39 is 5.60 Å². The Morgan fingerprint density at radius 2 is 2.15 bits per heavy atom. The fourth-order valence-corrected chi connectivity index (χ4v) is 3.59. The van der Waals surface area contributed by atoms with Gasteiger partial charge in [-0.3, -0.25) is 9.80 Å². The van der Waals surface area contributed by atoms with Gasteiger partial charge in [0.2, 0.25) is 0 Å². The van der Waals surface area contributed by atoms with Crippen LogP contribution >= 0.6 is 0 Å². The largest absolute Gasteiger partial charge is 0.443 e. The SMILES string of the molecule is CCCN(C(=O)OC(C)(C)C)c1ncccc1[C@@H]1CCCN1CC(C)C. The zero-order valence-electron chi connectivity index (χ0n) is 17.3. The number of rotatable bonds is 6. The van der Waals surface area contributed by atoms with Crippen LogP contribution in [0.15, 0.2) is 18.3 Å². The van der Waals surface area contributed by atoms with Crippen LogP contribution in [-0.2, 0) is 4.74 Å². The molecule has 1 saturated heterocycles. The van der Waals surface area contributed by atoms with Gasteiger partial charge in [0.25, 0.3) is 0 Å². The topological polar surface area (TPSA) is 45.7 Å². The molecule has 0 N–H and O–H groups in total. The average molecular weight is 362 g/mol. The van der Waals surface area contributed by atoms with Gasteiger partial charge in [0, 0.05) is 30.9 Å². The Labute approximate surface area is 158 Å². The lowest BCUT2D eigenvalue weighted by molar-refractivity contribution is 0.0578. The molecule has 0 radical (unpaired) electrons. The number of anilines is 1. The zero-order chi connectivity index (χ0) is 19.3. The summed E-state index contributed by atoms with van der Waals surface area (Å²) in [5.41, 5.74) is 0.625. The number of pyridine rings is 1. The number of hydrogen-bond donors (Lipinski definition) is 0. The van der Waals surface area contributed by atoms with Crippen LogP contribution in [0.4, 0.5) is 10.6 Å². The molecule has 2 heterocycles. The number of likely N-dealkylation sites (tertiary alicyclic amines) is 1. The summed E-state index contributed by atoms with van der Waals surface area (Å²) in [4.78, 5) is 21.7. The predicted molar refractivity (Wildman–Crippen MR) is 106 cm³/mol. The lowest BCUT2D eigenvalue weighted by atomic mass is 10.0. The molecule has 5 heteroatoms. The van der Waals surface area contributed by atoms with Crippen molar-refractivity contribution in [2.45, 2.75) is 72.4 Å². The van der Waals surface area contributed by atoms with E-state index in [9.17, 15) is 4.79 Å². The molecule has 0 aliphatic carbocycles. The molecule has 1 amide bonds. The van der Waals surface area contributed by atoms with Crippen molar-refractivity contribution in [1.29, 1.82) is 0 Å². The van der Waals surface area contributed by atoms with Gasteiger partial charge in [-0.15, -0.1) is 0 Å². The second kappa shape index (κ2) is 8.85. The number of nitrogens with zero attached hydrogens (tertiary/aromatic N) is 3. The van der Waals surface area contributed by atoms with E-state index in [2.05, 4.69) is 36.7 Å². The normalized spacial score (nSPS) is 18.3. The Balaban J connectivity index is 2.34. The number of carbonyl (C=O) groups is 1. The summed E-state index contributed by atoms with van der Waals surface area (Å²) < 4.78 is 5.65. The minimum absolute atomic E-state index is 0.312. The zero-order valence-corrected chi connectivity index (χ0v) is 17.3. The van der Waals surface area contributed by atoms with Gasteiger partial charge in [-0.25, -0.2) is 9.78 Å². The molecule has 2 rings (SSSR count). The van der Waals surface area contributed by atoms with Crippen molar-refractivity contribution in [2.24, 2.45) is 5.92 Å². The summed E-state index contributed by atoms with van der Waals surface area (Å²) in [5.74, 6) is 1.37. The lowest BCUT2D eigenvalue weighted by Crippen LogP contribution is -2.39. The number of amides is 1. The van der Waals surface area contributed by atoms with Crippen LogP contribution < -0.4 is 4.90 Å². The van der Waals surface area contributed by atoms with Gasteiger partial charge in [-0.05, 0) is 58.6 Å². The molecular weight excluding hydrogens is 326 g/mol. The van der Waals surface area contributed by atoms with Crippen molar-refractivity contribution >= 4 is 11.9 Å². The van der Waals surface area contributed by atoms with Crippen LogP contribution in [0.25, 0.3) is 0 Å². The molecular formula is C21H35N3O2. The van der Waals surface area contributed by atoms with Crippen LogP contribution in [0.5, 0.6) is 0 Å². The van der Waals surface area contributed by atoms with E-state index >= 15 is 0 Å². The van der Waals surface area contributed by atoms with Gasteiger partial charge < -0.3 is 4.74 Å². The third kappa shape index (κ3) is 5.44. The molecule has 1 aliphatic heterocycles. The first-order valence-corrected chi connectivity index (χ1v) is 9.92. The highest BCUT2D eigenvalue weighted by Crippen LogP contribution is 2.37. The van der Waals surface area contributed by atoms with E-state index in [1.165, 1.54) is 6.42 Å². The molecule has 0 unspecified atom stereocenters. The van der Waals surface area contributed by atoms with Crippen molar-refractivity contribution in [3.8, 4) is 0 Å². The van der Waals surface area contributed by atoms with Gasteiger partial charge in [0.05, 0.1) is 0 Å². The van der Waals surface area contributed by atoms with Crippen molar-refractivity contribution in [3.63, 3.8) is 0 Å². The summed E-state index contributed by atoms with van der Waals surface area (Å²) in [6, 6.07) is 4.42. The maximum absolute atomic E-state index is 12.8. The van der Waals surface area contributed by atoms with Gasteiger partial charge in [-0.2, -0.15) is 0 Å². The number of hydrogen-bond acceptors (Lipinski definition) is 4. The van der Waals surface area contributed by atoms with Crippen LogP contribution in [-0.4, -0.2) is 41.2 Å². The highest BCUT2D eigenvalue weighted by molar-refractivity contribution is 5.87. The second-order valence-corrected chi connectivity index (χ2v) is 8.60. The summed E-state index contributed by atoms with van der Waals surface area (Å²) in [5, 5.41) is 0. The first-order chi connectivity index (χ1) is 12.2. The fraction of sp³-hybridized carbons (Fsp3) is 0.714. The molecule has 1 fully saturated rings. The van der Waals surface area contributed by atoms with E-state index in [0.29, 0.717) is 18.5 Å². The standard InChI is InChI=1S/C21H35N3O2/c1-7-13-24(20(25)26-21(4,5)6)19-17(10-8-12-22-19)18-11-9-14-23(18)15-16(2)3/h8,10,12,16,18H,7,9,11,13-15H2,1-6H3/t18-/m0/s1. The third-order valence-corrected chi connectivity index (χ3v) is 4.46. The quantitative estimate of drug-likeness (QED) is 0.713. The smallest absolute Gasteiger partial charge is 0.416 e. The summed E-state index contributed by atoms with van der Waals surface area (Å²) >= 11 is 0. The summed E-state index contributed by atoms with van der Waals surface area (Å²) in [6.45, 7) is 15.1. The number of carbonyl (C=O) groups excluding carboxylic acids is 1. The van der Waals surface area contributed by atoms with E-state index in [1.807, 2.05) is 26.8 Å². The Morgan fingerprint density at radius 1 is 1.42 bits per heavy atom. The second-order valence-electron chi connectivity index (χ2n) is 8.60. The first-order valence-electron chi connectivity index (χ1n) is 9.92. The first kappa shape index (κ1) is 20.7. The van der Waals surface area contributed by atoms with Crippen LogP contribution in [0.1, 0.15) is 72.4 Å². The molecule has 1 aromatic heterocycles. The number of aromatic nitrogens is 1. The van der Waals surface area contributed by atoms with E-state index in [0.717, 1.165) is 37.3 Å². The van der Waals surface area contributed by atoms with Crippen molar-refractivity contribution in [2.75, 3.05) is 24.5 Å². The van der Waals surface area contributed by atoms with Crippen LogP contribution in [0.2, 0.25) is 0 Å². The van der Waals surface area contributed by atoms with Crippen molar-refractivity contribution in [1.82, 2.24) is 9.88 Å². The Bertz CT molecular complexity index is 595. The molecule has 1 aliphatic rings. The molecule has 146 valence electrons. The highest BCUT2D eigenvalue weighted by Gasteiger charge is 2.32. The van der Waals surface area contributed by atoms with E-state index in [-0.39, 0.29) is 6.09 Å². The van der Waals surface area contributed by atoms with Gasteiger partial charge in [-0.1, -0.05) is 26.8 Å². The molecule has 1 atom stereocenters. The average Bonchev–Trinajstić information content (AvgIpc) is 2.98. The third-order valence-electron chi connectivity index (χ3n) is 4.46. The molecule has 5 nitrogen and oxygen atoms in total. The van der Waals surface area contributed by atoms with Gasteiger partial charge >= 0.3 is 6.09 Å². The monoisotopic (exact) mass is 361 g/mol. The Hall–Kier alpha value is -1.62.